The summed E-state index contributed by atoms with van der Waals surface area (Å²) in [5.74, 6) is 1.18. The Bertz CT molecular complexity index is 662. The van der Waals surface area contributed by atoms with Crippen LogP contribution in [0.3, 0.4) is 0 Å². The Balaban J connectivity index is 1.75. The van der Waals surface area contributed by atoms with Gasteiger partial charge in [-0.1, -0.05) is 36.4 Å². The molecule has 2 aromatic rings. The van der Waals surface area contributed by atoms with Gasteiger partial charge in [-0.15, -0.1) is 0 Å². The van der Waals surface area contributed by atoms with E-state index in [1.165, 1.54) is 16.7 Å². The first-order valence-electron chi connectivity index (χ1n) is 6.60. The van der Waals surface area contributed by atoms with Gasteiger partial charge in [-0.2, -0.15) is 0 Å². The van der Waals surface area contributed by atoms with Gasteiger partial charge in [0.1, 0.15) is 11.5 Å². The summed E-state index contributed by atoms with van der Waals surface area (Å²) in [7, 11) is 1.67. The number of hydrogen-bond acceptors (Lipinski definition) is 2. The molecule has 0 saturated carbocycles. The van der Waals surface area contributed by atoms with Gasteiger partial charge in [-0.05, 0) is 53.0 Å². The lowest BCUT2D eigenvalue weighted by molar-refractivity contribution is 0.415. The van der Waals surface area contributed by atoms with E-state index in [0.717, 1.165) is 17.7 Å². The highest BCUT2D eigenvalue weighted by Crippen LogP contribution is 2.34. The Morgan fingerprint density at radius 1 is 0.800 bits per heavy atom. The zero-order chi connectivity index (χ0) is 13.9. The van der Waals surface area contributed by atoms with Gasteiger partial charge in [0.15, 0.2) is 0 Å². The lowest BCUT2D eigenvalue weighted by Crippen LogP contribution is -1.86. The number of hydrogen-bond donors (Lipinski definition) is 1. The molecule has 0 fully saturated rings. The summed E-state index contributed by atoms with van der Waals surface area (Å²) in [6.07, 6.45) is 5.22. The molecule has 0 heterocycles. The van der Waals surface area contributed by atoms with Crippen LogP contribution in [0.25, 0.3) is 11.1 Å². The van der Waals surface area contributed by atoms with Crippen molar-refractivity contribution < 1.29 is 9.84 Å². The van der Waals surface area contributed by atoms with Crippen LogP contribution in [0.15, 0.2) is 60.7 Å². The fourth-order valence-corrected chi connectivity index (χ4v) is 2.40. The van der Waals surface area contributed by atoms with E-state index in [1.54, 1.807) is 19.2 Å². The first-order valence-corrected chi connectivity index (χ1v) is 6.60. The predicted molar refractivity (Wildman–Crippen MR) is 81.7 cm³/mol. The van der Waals surface area contributed by atoms with Crippen LogP contribution < -0.4 is 4.74 Å². The minimum Gasteiger partial charge on any atom is -0.508 e. The van der Waals surface area contributed by atoms with E-state index in [1.807, 2.05) is 24.3 Å². The van der Waals surface area contributed by atoms with Crippen LogP contribution in [0.1, 0.15) is 17.5 Å². The molecular formula is C18H16O2. The number of ether oxygens (including phenoxy) is 1. The maximum atomic E-state index is 9.33. The summed E-state index contributed by atoms with van der Waals surface area (Å²) >= 11 is 0. The Labute approximate surface area is 118 Å². The standard InChI is InChI=1S/C18H16O2/c1-20-18-10-6-14(7-11-18)16-3-2-15(12-16)13-4-8-17(19)9-5-13/h2-11,19H,12H2,1H3. The maximum absolute atomic E-state index is 9.33. The second-order valence-corrected chi connectivity index (χ2v) is 4.84. The molecule has 0 saturated heterocycles. The van der Waals surface area contributed by atoms with Crippen molar-refractivity contribution in [2.75, 3.05) is 7.11 Å². The molecule has 0 atom stereocenters. The van der Waals surface area contributed by atoms with Crippen molar-refractivity contribution in [3.8, 4) is 11.5 Å². The van der Waals surface area contributed by atoms with E-state index in [-0.39, 0.29) is 0 Å². The molecule has 100 valence electrons. The fraction of sp³-hybridized carbons (Fsp3) is 0.111. The lowest BCUT2D eigenvalue weighted by Gasteiger charge is -2.07. The minimum atomic E-state index is 0.302. The molecule has 20 heavy (non-hydrogen) atoms. The summed E-state index contributed by atoms with van der Waals surface area (Å²) in [5.41, 5.74) is 4.95. The number of allylic oxidation sites excluding steroid dienone is 4. The summed E-state index contributed by atoms with van der Waals surface area (Å²) in [4.78, 5) is 0. The molecule has 0 bridgehead atoms. The number of rotatable bonds is 3. The summed E-state index contributed by atoms with van der Waals surface area (Å²) < 4.78 is 5.18. The largest absolute Gasteiger partial charge is 0.508 e. The molecule has 1 aliphatic rings. The molecule has 3 rings (SSSR count). The second-order valence-electron chi connectivity index (χ2n) is 4.84. The molecule has 1 aliphatic carbocycles. The monoisotopic (exact) mass is 264 g/mol. The maximum Gasteiger partial charge on any atom is 0.118 e. The van der Waals surface area contributed by atoms with Crippen LogP contribution in [0.2, 0.25) is 0 Å². The van der Waals surface area contributed by atoms with Gasteiger partial charge < -0.3 is 9.84 Å². The molecule has 0 unspecified atom stereocenters. The Hall–Kier alpha value is -2.48. The van der Waals surface area contributed by atoms with Gasteiger partial charge in [0, 0.05) is 0 Å². The van der Waals surface area contributed by atoms with E-state index in [0.29, 0.717) is 5.75 Å². The highest BCUT2D eigenvalue weighted by atomic mass is 16.5. The lowest BCUT2D eigenvalue weighted by atomic mass is 9.99. The molecule has 2 aromatic carbocycles. The van der Waals surface area contributed by atoms with Gasteiger partial charge in [0.05, 0.1) is 7.11 Å². The molecule has 0 amide bonds. The number of phenols is 1. The van der Waals surface area contributed by atoms with Crippen LogP contribution in [-0.2, 0) is 0 Å². The Morgan fingerprint density at radius 3 is 1.80 bits per heavy atom. The molecule has 0 aromatic heterocycles. The van der Waals surface area contributed by atoms with E-state index in [4.69, 9.17) is 4.74 Å². The molecule has 0 radical (unpaired) electrons. The average Bonchev–Trinajstić information content (AvgIpc) is 2.98. The number of aromatic hydroxyl groups is 1. The van der Waals surface area contributed by atoms with Gasteiger partial charge in [-0.25, -0.2) is 0 Å². The normalized spacial score (nSPS) is 13.8. The van der Waals surface area contributed by atoms with Crippen molar-refractivity contribution in [1.82, 2.24) is 0 Å². The Kier molecular flexibility index (Phi) is 3.30. The fourth-order valence-electron chi connectivity index (χ4n) is 2.40. The van der Waals surface area contributed by atoms with E-state index >= 15 is 0 Å². The van der Waals surface area contributed by atoms with Crippen molar-refractivity contribution in [3.05, 3.63) is 71.8 Å². The third-order valence-corrected chi connectivity index (χ3v) is 3.57. The number of methoxy groups -OCH3 is 1. The quantitative estimate of drug-likeness (QED) is 0.897. The third kappa shape index (κ3) is 2.45. The van der Waals surface area contributed by atoms with Crippen molar-refractivity contribution >= 4 is 11.1 Å². The van der Waals surface area contributed by atoms with Crippen LogP contribution in [-0.4, -0.2) is 12.2 Å². The molecule has 0 spiro atoms. The van der Waals surface area contributed by atoms with Gasteiger partial charge in [0.25, 0.3) is 0 Å². The molecule has 0 aliphatic heterocycles. The third-order valence-electron chi connectivity index (χ3n) is 3.57. The van der Waals surface area contributed by atoms with Gasteiger partial charge >= 0.3 is 0 Å². The average molecular weight is 264 g/mol. The SMILES string of the molecule is COc1ccc(C2=CC=C(c3ccc(O)cc3)C2)cc1. The minimum absolute atomic E-state index is 0.302. The van der Waals surface area contributed by atoms with Crippen LogP contribution >= 0.6 is 0 Å². The van der Waals surface area contributed by atoms with E-state index in [2.05, 4.69) is 24.3 Å². The highest BCUT2D eigenvalue weighted by Gasteiger charge is 2.12. The molecule has 2 heteroatoms. The smallest absolute Gasteiger partial charge is 0.118 e. The van der Waals surface area contributed by atoms with Crippen molar-refractivity contribution in [3.63, 3.8) is 0 Å². The number of phenolic OH excluding ortho intramolecular Hbond substituents is 1. The first kappa shape index (κ1) is 12.5. The van der Waals surface area contributed by atoms with Crippen LogP contribution in [0.5, 0.6) is 11.5 Å². The van der Waals surface area contributed by atoms with Crippen molar-refractivity contribution in [2.24, 2.45) is 0 Å². The Morgan fingerprint density at radius 2 is 1.30 bits per heavy atom. The first-order chi connectivity index (χ1) is 9.76. The number of benzene rings is 2. The molecule has 2 nitrogen and oxygen atoms in total. The van der Waals surface area contributed by atoms with Crippen molar-refractivity contribution in [2.45, 2.75) is 6.42 Å². The van der Waals surface area contributed by atoms with Gasteiger partial charge in [-0.3, -0.25) is 0 Å². The summed E-state index contributed by atoms with van der Waals surface area (Å²) in [5, 5.41) is 9.33. The molecular weight excluding hydrogens is 248 g/mol. The topological polar surface area (TPSA) is 29.5 Å². The van der Waals surface area contributed by atoms with Gasteiger partial charge in [0.2, 0.25) is 0 Å². The van der Waals surface area contributed by atoms with Crippen LogP contribution in [0, 0.1) is 0 Å². The summed E-state index contributed by atoms with van der Waals surface area (Å²) in [6.45, 7) is 0. The predicted octanol–water partition coefficient (Wildman–Crippen LogP) is 4.27. The molecule has 1 N–H and O–H groups in total. The zero-order valence-corrected chi connectivity index (χ0v) is 11.3. The van der Waals surface area contributed by atoms with E-state index in [9.17, 15) is 5.11 Å². The van der Waals surface area contributed by atoms with Crippen molar-refractivity contribution in [1.29, 1.82) is 0 Å². The second kappa shape index (κ2) is 5.25. The van der Waals surface area contributed by atoms with Crippen LogP contribution in [0.4, 0.5) is 0 Å². The van der Waals surface area contributed by atoms with E-state index < -0.39 is 0 Å². The zero-order valence-electron chi connectivity index (χ0n) is 11.3. The summed E-state index contributed by atoms with van der Waals surface area (Å²) in [6, 6.07) is 15.5. The highest BCUT2D eigenvalue weighted by molar-refractivity contribution is 5.86.